The van der Waals surface area contributed by atoms with Gasteiger partial charge in [0.1, 0.15) is 17.9 Å². The third kappa shape index (κ3) is 3.99. The fourth-order valence-electron chi connectivity index (χ4n) is 2.50. The van der Waals surface area contributed by atoms with Gasteiger partial charge < -0.3 is 10.6 Å². The van der Waals surface area contributed by atoms with E-state index in [1.807, 2.05) is 0 Å². The molecule has 0 spiro atoms. The molecule has 1 fully saturated rings. The molecule has 0 radical (unpaired) electrons. The average molecular weight is 336 g/mol. The number of nitrogens with two attached hydrogens (primary N) is 1. The summed E-state index contributed by atoms with van der Waals surface area (Å²) in [5.41, 5.74) is 3.67. The van der Waals surface area contributed by atoms with Gasteiger partial charge in [-0.3, -0.25) is 14.3 Å². The zero-order valence-electron chi connectivity index (χ0n) is 12.1. The van der Waals surface area contributed by atoms with E-state index in [0.29, 0.717) is 23.6 Å². The highest BCUT2D eigenvalue weighted by molar-refractivity contribution is 5.78. The molecule has 0 atom stereocenters. The Bertz CT molecular complexity index is 583. The van der Waals surface area contributed by atoms with Gasteiger partial charge in [-0.25, -0.2) is 17.6 Å². The zero-order chi connectivity index (χ0) is 17.1. The molecular formula is C13H16F4N4O2. The Morgan fingerprint density at radius 1 is 1.22 bits per heavy atom. The number of aromatic nitrogens is 2. The lowest BCUT2D eigenvalue weighted by Crippen LogP contribution is -2.43. The number of alkyl halides is 4. The van der Waals surface area contributed by atoms with Gasteiger partial charge >= 0.3 is 0 Å². The first-order valence-electron chi connectivity index (χ1n) is 7.00. The third-order valence-electron chi connectivity index (χ3n) is 3.81. The molecule has 0 saturated carbocycles. The third-order valence-corrected chi connectivity index (χ3v) is 3.81. The summed E-state index contributed by atoms with van der Waals surface area (Å²) >= 11 is 0. The van der Waals surface area contributed by atoms with Crippen molar-refractivity contribution >= 4 is 11.8 Å². The molecule has 1 saturated heterocycles. The molecule has 0 bridgehead atoms. The minimum absolute atomic E-state index is 0.263. The molecule has 0 unspecified atom stereocenters. The van der Waals surface area contributed by atoms with Crippen LogP contribution in [0.5, 0.6) is 0 Å². The molecule has 1 aliphatic heterocycles. The van der Waals surface area contributed by atoms with Gasteiger partial charge in [0.2, 0.25) is 11.8 Å². The van der Waals surface area contributed by atoms with E-state index in [9.17, 15) is 27.2 Å². The van der Waals surface area contributed by atoms with Crippen molar-refractivity contribution in [2.75, 3.05) is 13.1 Å². The number of hydrogen-bond donors (Lipinski definition) is 1. The highest BCUT2D eigenvalue weighted by Gasteiger charge is 2.28. The van der Waals surface area contributed by atoms with Gasteiger partial charge in [0, 0.05) is 19.0 Å². The quantitative estimate of drug-likeness (QED) is 0.827. The Kier molecular flexibility index (Phi) is 5.22. The summed E-state index contributed by atoms with van der Waals surface area (Å²) in [5.74, 6) is -1.27. The fraction of sp³-hybridized carbons (Fsp3) is 0.615. The number of carbonyl (C=O) groups is 2. The lowest BCUT2D eigenvalue weighted by molar-refractivity contribution is -0.135. The number of hydrogen-bond acceptors (Lipinski definition) is 3. The summed E-state index contributed by atoms with van der Waals surface area (Å²) in [7, 11) is 0. The van der Waals surface area contributed by atoms with Crippen molar-refractivity contribution in [2.24, 2.45) is 11.7 Å². The number of nitrogens with zero attached hydrogens (tertiary/aromatic N) is 3. The van der Waals surface area contributed by atoms with Crippen LogP contribution in [-0.4, -0.2) is 39.6 Å². The van der Waals surface area contributed by atoms with E-state index in [0.717, 1.165) is 0 Å². The van der Waals surface area contributed by atoms with Crippen molar-refractivity contribution in [1.29, 1.82) is 0 Å². The van der Waals surface area contributed by atoms with Crippen LogP contribution in [0, 0.1) is 5.92 Å². The summed E-state index contributed by atoms with van der Waals surface area (Å²) in [4.78, 5) is 24.6. The van der Waals surface area contributed by atoms with E-state index in [4.69, 9.17) is 5.73 Å². The molecular weight excluding hydrogens is 320 g/mol. The van der Waals surface area contributed by atoms with Crippen LogP contribution in [0.3, 0.4) is 0 Å². The SMILES string of the molecule is NC(=O)C1CCN(C(=O)Cn2nc(C(F)F)cc2C(F)F)CC1. The summed E-state index contributed by atoms with van der Waals surface area (Å²) in [6.07, 6.45) is -5.22. The van der Waals surface area contributed by atoms with E-state index in [-0.39, 0.29) is 19.0 Å². The average Bonchev–Trinajstić information content (AvgIpc) is 2.91. The number of carbonyl (C=O) groups excluding carboxylic acids is 2. The number of likely N-dealkylation sites (tertiary alicyclic amines) is 1. The normalized spacial score (nSPS) is 16.3. The minimum Gasteiger partial charge on any atom is -0.369 e. The number of halogens is 4. The van der Waals surface area contributed by atoms with E-state index in [1.165, 1.54) is 4.90 Å². The van der Waals surface area contributed by atoms with Crippen LogP contribution in [0.25, 0.3) is 0 Å². The maximum Gasteiger partial charge on any atom is 0.282 e. The molecule has 6 nitrogen and oxygen atoms in total. The smallest absolute Gasteiger partial charge is 0.282 e. The molecule has 0 aromatic carbocycles. The highest BCUT2D eigenvalue weighted by Crippen LogP contribution is 2.25. The summed E-state index contributed by atoms with van der Waals surface area (Å²) in [6.45, 7) is -0.0213. The molecule has 23 heavy (non-hydrogen) atoms. The van der Waals surface area contributed by atoms with Crippen molar-refractivity contribution in [2.45, 2.75) is 32.2 Å². The highest BCUT2D eigenvalue weighted by atomic mass is 19.3. The van der Waals surface area contributed by atoms with Crippen LogP contribution in [0.1, 0.15) is 37.1 Å². The molecule has 128 valence electrons. The van der Waals surface area contributed by atoms with Crippen LogP contribution in [0.4, 0.5) is 17.6 Å². The second kappa shape index (κ2) is 6.97. The zero-order valence-corrected chi connectivity index (χ0v) is 12.1. The van der Waals surface area contributed by atoms with Gasteiger partial charge in [-0.15, -0.1) is 0 Å². The molecule has 1 aliphatic rings. The molecule has 0 aliphatic carbocycles. The van der Waals surface area contributed by atoms with Gasteiger partial charge in [0.05, 0.1) is 0 Å². The Hall–Kier alpha value is -2.13. The molecule has 2 amide bonds. The lowest BCUT2D eigenvalue weighted by atomic mass is 9.96. The van der Waals surface area contributed by atoms with Crippen LogP contribution in [0.15, 0.2) is 6.07 Å². The van der Waals surface area contributed by atoms with Crippen molar-refractivity contribution in [3.05, 3.63) is 17.5 Å². The first-order valence-corrected chi connectivity index (χ1v) is 7.00. The number of primary amides is 1. The standard InChI is InChI=1S/C13H16F4N4O2/c14-11(15)8-5-9(12(16)17)21(19-8)6-10(22)20-3-1-7(2-4-20)13(18)23/h5,7,11-12H,1-4,6H2,(H2,18,23). The van der Waals surface area contributed by atoms with E-state index in [2.05, 4.69) is 5.10 Å². The summed E-state index contributed by atoms with van der Waals surface area (Å²) in [5, 5.41) is 3.37. The second-order valence-corrected chi connectivity index (χ2v) is 5.31. The van der Waals surface area contributed by atoms with E-state index < -0.39 is 42.6 Å². The maximum atomic E-state index is 12.9. The Balaban J connectivity index is 2.04. The lowest BCUT2D eigenvalue weighted by Gasteiger charge is -2.30. The van der Waals surface area contributed by atoms with E-state index >= 15 is 0 Å². The van der Waals surface area contributed by atoms with Crippen molar-refractivity contribution in [3.8, 4) is 0 Å². The molecule has 1 aromatic rings. The molecule has 1 aromatic heterocycles. The summed E-state index contributed by atoms with van der Waals surface area (Å²) < 4.78 is 51.5. The van der Waals surface area contributed by atoms with E-state index in [1.54, 1.807) is 0 Å². The fourth-order valence-corrected chi connectivity index (χ4v) is 2.50. The predicted molar refractivity (Wildman–Crippen MR) is 70.6 cm³/mol. The number of rotatable bonds is 5. The van der Waals surface area contributed by atoms with Gasteiger partial charge in [0.25, 0.3) is 12.9 Å². The van der Waals surface area contributed by atoms with Crippen LogP contribution >= 0.6 is 0 Å². The van der Waals surface area contributed by atoms with Gasteiger partial charge in [-0.2, -0.15) is 5.10 Å². The largest absolute Gasteiger partial charge is 0.369 e. The van der Waals surface area contributed by atoms with Crippen molar-refractivity contribution < 1.29 is 27.2 Å². The first kappa shape index (κ1) is 17.2. The predicted octanol–water partition coefficient (Wildman–Crippen LogP) is 1.48. The monoisotopic (exact) mass is 336 g/mol. The van der Waals surface area contributed by atoms with Crippen LogP contribution in [-0.2, 0) is 16.1 Å². The minimum atomic E-state index is -3.01. The molecule has 10 heteroatoms. The number of piperidine rings is 1. The first-order chi connectivity index (χ1) is 10.8. The Labute approximate surface area is 129 Å². The van der Waals surface area contributed by atoms with Gasteiger partial charge in [0.15, 0.2) is 0 Å². The van der Waals surface area contributed by atoms with Crippen LogP contribution < -0.4 is 5.73 Å². The van der Waals surface area contributed by atoms with Crippen molar-refractivity contribution in [3.63, 3.8) is 0 Å². The molecule has 2 rings (SSSR count). The molecule has 2 heterocycles. The second-order valence-electron chi connectivity index (χ2n) is 5.31. The van der Waals surface area contributed by atoms with Gasteiger partial charge in [-0.05, 0) is 18.9 Å². The molecule has 2 N–H and O–H groups in total. The van der Waals surface area contributed by atoms with Crippen LogP contribution in [0.2, 0.25) is 0 Å². The van der Waals surface area contributed by atoms with Gasteiger partial charge in [-0.1, -0.05) is 0 Å². The Morgan fingerprint density at radius 3 is 2.30 bits per heavy atom. The van der Waals surface area contributed by atoms with Crippen molar-refractivity contribution in [1.82, 2.24) is 14.7 Å². The number of amides is 2. The Morgan fingerprint density at radius 2 is 1.83 bits per heavy atom. The maximum absolute atomic E-state index is 12.9. The summed E-state index contributed by atoms with van der Waals surface area (Å²) in [6, 6.07) is 0.599. The topological polar surface area (TPSA) is 81.2 Å².